The van der Waals surface area contributed by atoms with Gasteiger partial charge in [-0.05, 0) is 65.3 Å². The summed E-state index contributed by atoms with van der Waals surface area (Å²) in [5, 5.41) is 0. The van der Waals surface area contributed by atoms with Crippen molar-refractivity contribution in [1.29, 1.82) is 0 Å². The molecule has 1 fully saturated rings. The highest BCUT2D eigenvalue weighted by atomic mass is 19.3. The van der Waals surface area contributed by atoms with Crippen molar-refractivity contribution >= 4 is 11.5 Å². The van der Waals surface area contributed by atoms with Crippen molar-refractivity contribution in [2.75, 3.05) is 26.2 Å². The van der Waals surface area contributed by atoms with Gasteiger partial charge in [-0.3, -0.25) is 14.8 Å². The molecule has 1 saturated heterocycles. The molecular formula is C28H35F3N4O2. The van der Waals surface area contributed by atoms with Gasteiger partial charge in [-0.1, -0.05) is 6.07 Å². The molecule has 1 aliphatic rings. The number of pyridine rings is 2. The van der Waals surface area contributed by atoms with E-state index in [-0.39, 0.29) is 25.2 Å². The Balaban J connectivity index is 1.79. The van der Waals surface area contributed by atoms with Gasteiger partial charge in [0.1, 0.15) is 0 Å². The molecule has 6 nitrogen and oxygen atoms in total. The summed E-state index contributed by atoms with van der Waals surface area (Å²) < 4.78 is 47.3. The zero-order valence-electron chi connectivity index (χ0n) is 22.3. The molecule has 0 N–H and O–H groups in total. The second-order valence-electron chi connectivity index (χ2n) is 10.0. The summed E-state index contributed by atoms with van der Waals surface area (Å²) in [6, 6.07) is 7.75. The molecule has 9 heteroatoms. The summed E-state index contributed by atoms with van der Waals surface area (Å²) in [4.78, 5) is 21.1. The van der Waals surface area contributed by atoms with Crippen LogP contribution in [0, 0.1) is 20.8 Å². The number of rotatable bonds is 7. The molecule has 0 amide bonds. The number of carbonyl (C=O) groups is 1. The fourth-order valence-electron chi connectivity index (χ4n) is 5.27. The maximum absolute atomic E-state index is 13.9. The Labute approximate surface area is 216 Å². The molecule has 0 saturated carbocycles. The first kappa shape index (κ1) is 27.1. The van der Waals surface area contributed by atoms with Crippen molar-refractivity contribution in [2.45, 2.75) is 66.4 Å². The highest BCUT2D eigenvalue weighted by Crippen LogP contribution is 2.35. The van der Waals surface area contributed by atoms with E-state index in [0.29, 0.717) is 18.7 Å². The number of aryl methyl sites for hydroxylation is 2. The van der Waals surface area contributed by atoms with Crippen molar-refractivity contribution in [2.24, 2.45) is 0 Å². The van der Waals surface area contributed by atoms with E-state index < -0.39 is 18.7 Å². The van der Waals surface area contributed by atoms with E-state index in [1.807, 2.05) is 72.0 Å². The van der Waals surface area contributed by atoms with Gasteiger partial charge in [0.15, 0.2) is 0 Å². The molecule has 37 heavy (non-hydrogen) atoms. The highest BCUT2D eigenvalue weighted by molar-refractivity contribution is 5.95. The van der Waals surface area contributed by atoms with Gasteiger partial charge in [-0.25, -0.2) is 18.0 Å². The summed E-state index contributed by atoms with van der Waals surface area (Å²) >= 11 is 0. The van der Waals surface area contributed by atoms with Crippen molar-refractivity contribution < 1.29 is 22.7 Å². The van der Waals surface area contributed by atoms with Gasteiger partial charge in [-0.15, -0.1) is 0 Å². The summed E-state index contributed by atoms with van der Waals surface area (Å²) in [7, 11) is 0. The molecule has 0 spiro atoms. The number of nitrogens with zero attached hydrogens (tertiary/aromatic N) is 4. The second-order valence-corrected chi connectivity index (χ2v) is 10.0. The van der Waals surface area contributed by atoms with Crippen molar-refractivity contribution in [3.8, 4) is 11.1 Å². The Hall–Kier alpha value is -2.91. The predicted molar refractivity (Wildman–Crippen MR) is 138 cm³/mol. The molecule has 1 aliphatic heterocycles. The molecule has 4 heterocycles. The van der Waals surface area contributed by atoms with Gasteiger partial charge < -0.3 is 9.14 Å². The van der Waals surface area contributed by atoms with Crippen LogP contribution in [0.1, 0.15) is 59.8 Å². The van der Waals surface area contributed by atoms with Gasteiger partial charge in [0.05, 0.1) is 17.2 Å². The van der Waals surface area contributed by atoms with E-state index in [4.69, 9.17) is 4.74 Å². The maximum atomic E-state index is 13.9. The van der Waals surface area contributed by atoms with Crippen LogP contribution in [0.25, 0.3) is 16.6 Å². The third-order valence-electron chi connectivity index (χ3n) is 7.18. The Kier molecular flexibility index (Phi) is 7.94. The average Bonchev–Trinajstić information content (AvgIpc) is 3.25. The normalized spacial score (nSPS) is 17.1. The number of hydrogen-bond acceptors (Lipinski definition) is 5. The number of hydrogen-bond donors (Lipinski definition) is 0. The molecular weight excluding hydrogens is 481 g/mol. The van der Waals surface area contributed by atoms with Crippen LogP contribution in [0.3, 0.4) is 0 Å². The number of carbonyl (C=O) groups excluding carboxylic acids is 1. The van der Waals surface area contributed by atoms with Crippen LogP contribution >= 0.6 is 0 Å². The highest BCUT2D eigenvalue weighted by Gasteiger charge is 2.33. The third kappa shape index (κ3) is 5.38. The lowest BCUT2D eigenvalue weighted by Gasteiger charge is -2.39. The predicted octanol–water partition coefficient (Wildman–Crippen LogP) is 5.73. The fraction of sp³-hybridized carbons (Fsp3) is 0.500. The summed E-state index contributed by atoms with van der Waals surface area (Å²) in [6.07, 6.45) is -3.55. The molecule has 4 rings (SSSR count). The fourth-order valence-corrected chi connectivity index (χ4v) is 5.27. The van der Waals surface area contributed by atoms with Crippen LogP contribution in [0.15, 0.2) is 30.5 Å². The number of ether oxygens (including phenoxy) is 1. The van der Waals surface area contributed by atoms with Gasteiger partial charge in [0, 0.05) is 66.6 Å². The van der Waals surface area contributed by atoms with Crippen molar-refractivity contribution in [3.05, 3.63) is 58.7 Å². The average molecular weight is 517 g/mol. The summed E-state index contributed by atoms with van der Waals surface area (Å²) in [5.74, 6) is -0.392. The second kappa shape index (κ2) is 10.8. The number of piperazine rings is 1. The molecule has 3 aromatic rings. The van der Waals surface area contributed by atoms with Crippen LogP contribution in [0.2, 0.25) is 0 Å². The number of alkyl halides is 3. The maximum Gasteiger partial charge on any atom is 0.338 e. The molecule has 0 radical (unpaired) electrons. The lowest BCUT2D eigenvalue weighted by Crippen LogP contribution is -2.51. The number of fused-ring (bicyclic) bond motifs is 1. The molecule has 0 bridgehead atoms. The quantitative estimate of drug-likeness (QED) is 0.297. The zero-order chi connectivity index (χ0) is 27.0. The lowest BCUT2D eigenvalue weighted by molar-refractivity contribution is -0.0688. The SMILES string of the molecule is Cc1ccc(-c2ccn3c(C(C)N4CCN(C(F)C(F)F)CC4)c(C)c(C(=O)OC(C)C)cc23)c(C)n1. The summed E-state index contributed by atoms with van der Waals surface area (Å²) in [6.45, 7) is 12.8. The van der Waals surface area contributed by atoms with Crippen LogP contribution in [0.4, 0.5) is 13.2 Å². The van der Waals surface area contributed by atoms with E-state index in [2.05, 4.69) is 14.3 Å². The molecule has 0 aliphatic carbocycles. The summed E-state index contributed by atoms with van der Waals surface area (Å²) in [5.41, 5.74) is 6.81. The smallest absolute Gasteiger partial charge is 0.338 e. The lowest BCUT2D eigenvalue weighted by atomic mass is 9.99. The molecule has 200 valence electrons. The first-order valence-corrected chi connectivity index (χ1v) is 12.7. The minimum atomic E-state index is -3.02. The largest absolute Gasteiger partial charge is 0.459 e. The van der Waals surface area contributed by atoms with Crippen LogP contribution in [-0.2, 0) is 4.74 Å². The monoisotopic (exact) mass is 516 g/mol. The minimum Gasteiger partial charge on any atom is -0.459 e. The molecule has 3 aromatic heterocycles. The zero-order valence-corrected chi connectivity index (χ0v) is 22.3. The van der Waals surface area contributed by atoms with Crippen molar-refractivity contribution in [3.63, 3.8) is 0 Å². The Morgan fingerprint density at radius 3 is 2.19 bits per heavy atom. The van der Waals surface area contributed by atoms with Gasteiger partial charge >= 0.3 is 5.97 Å². The van der Waals surface area contributed by atoms with Gasteiger partial charge in [0.25, 0.3) is 6.43 Å². The third-order valence-corrected chi connectivity index (χ3v) is 7.18. The van der Waals surface area contributed by atoms with Gasteiger partial charge in [-0.2, -0.15) is 0 Å². The van der Waals surface area contributed by atoms with E-state index in [1.54, 1.807) is 0 Å². The Morgan fingerprint density at radius 2 is 1.59 bits per heavy atom. The standard InChI is InChI=1S/C28H35F3N4O2/c1-16(2)37-28(36)23-15-24-22(21-8-7-17(3)32-19(21)5)9-10-35(24)25(18(23)4)20(6)33-11-13-34(14-12-33)27(31)26(29)30/h7-10,15-16,20,26-27H,11-14H2,1-6H3. The van der Waals surface area contributed by atoms with E-state index in [9.17, 15) is 18.0 Å². The van der Waals surface area contributed by atoms with E-state index >= 15 is 0 Å². The number of halogens is 3. The first-order valence-electron chi connectivity index (χ1n) is 12.7. The van der Waals surface area contributed by atoms with E-state index in [1.165, 1.54) is 4.90 Å². The Morgan fingerprint density at radius 1 is 0.946 bits per heavy atom. The molecule has 0 aromatic carbocycles. The Bertz CT molecular complexity index is 1280. The molecule has 2 unspecified atom stereocenters. The first-order chi connectivity index (χ1) is 17.5. The molecule has 2 atom stereocenters. The van der Waals surface area contributed by atoms with E-state index in [0.717, 1.165) is 39.3 Å². The topological polar surface area (TPSA) is 50.1 Å². The number of esters is 1. The minimum absolute atomic E-state index is 0.154. The van der Waals surface area contributed by atoms with Crippen LogP contribution < -0.4 is 0 Å². The number of aromatic nitrogens is 2. The van der Waals surface area contributed by atoms with Crippen LogP contribution in [0.5, 0.6) is 0 Å². The van der Waals surface area contributed by atoms with Crippen molar-refractivity contribution in [1.82, 2.24) is 19.2 Å². The van der Waals surface area contributed by atoms with Crippen LogP contribution in [-0.4, -0.2) is 70.2 Å². The van der Waals surface area contributed by atoms with Gasteiger partial charge in [0.2, 0.25) is 6.30 Å².